The van der Waals surface area contributed by atoms with Gasteiger partial charge in [0.1, 0.15) is 0 Å². The van der Waals surface area contributed by atoms with Crippen molar-refractivity contribution < 1.29 is 28.8 Å². The average molecular weight is 835 g/mol. The molecule has 0 radical (unpaired) electrons. The lowest BCUT2D eigenvalue weighted by Crippen LogP contribution is -2.03. The molecule has 0 amide bonds. The van der Waals surface area contributed by atoms with Crippen molar-refractivity contribution in [3.05, 3.63) is 0 Å². The second-order valence-corrected chi connectivity index (χ2v) is 25.0. The molecule has 0 saturated heterocycles. The van der Waals surface area contributed by atoms with Gasteiger partial charge in [0.25, 0.3) is 0 Å². The molecule has 0 rings (SSSR count). The number of thioether (sulfide) groups is 13. The van der Waals surface area contributed by atoms with Crippen LogP contribution in [-0.4, -0.2) is 129 Å². The standard InChI is InChI=1S/C21H38O6S14/c22-1-3-28-11-34-15-38-19(24)7-31-10-30-5-6-41(27)18-37-14-36-17-40-21(26)9-33-13-32-8-20(25)39-16-35-12-29-4-2-23/h22-23H,1-18H2. The first kappa shape index (κ1) is 44.6. The summed E-state index contributed by atoms with van der Waals surface area (Å²) in [7, 11) is -0.858. The molecular formula is C21H38O6S14. The maximum Gasteiger partial charge on any atom is 0.199 e. The summed E-state index contributed by atoms with van der Waals surface area (Å²) in [6.45, 7) is 0.385. The predicted octanol–water partition coefficient (Wildman–Crippen LogP) is 6.45. The van der Waals surface area contributed by atoms with Crippen LogP contribution in [0.2, 0.25) is 0 Å². The van der Waals surface area contributed by atoms with E-state index in [4.69, 9.17) is 10.2 Å². The summed E-state index contributed by atoms with van der Waals surface area (Å²) in [5.74, 6) is 4.36. The second-order valence-electron chi connectivity index (χ2n) is 6.79. The number of rotatable bonds is 31. The lowest BCUT2D eigenvalue weighted by Gasteiger charge is -2.04. The minimum absolute atomic E-state index is 0.150. The molecule has 0 heterocycles. The topological polar surface area (TPSA) is 109 Å². The fraction of sp³-hybridized carbons (Fsp3) is 0.857. The Kier molecular flexibility index (Phi) is 39.7. The molecule has 0 aliphatic heterocycles. The maximum absolute atomic E-state index is 12.1. The fourth-order valence-electron chi connectivity index (χ4n) is 1.86. The first-order valence-electron chi connectivity index (χ1n) is 11.8. The third kappa shape index (κ3) is 36.3. The van der Waals surface area contributed by atoms with Crippen molar-refractivity contribution in [2.45, 2.75) is 0 Å². The molecule has 0 aromatic heterocycles. The molecule has 0 aliphatic carbocycles. The Morgan fingerprint density at radius 2 is 0.829 bits per heavy atom. The van der Waals surface area contributed by atoms with E-state index in [0.717, 1.165) is 52.9 Å². The summed E-state index contributed by atoms with van der Waals surface area (Å²) in [4.78, 5) is 35.6. The molecule has 41 heavy (non-hydrogen) atoms. The van der Waals surface area contributed by atoms with E-state index in [1.807, 2.05) is 0 Å². The van der Waals surface area contributed by atoms with Crippen molar-refractivity contribution in [1.29, 1.82) is 0 Å². The summed E-state index contributed by atoms with van der Waals surface area (Å²) in [5, 5.41) is 24.9. The zero-order valence-electron chi connectivity index (χ0n) is 22.5. The Morgan fingerprint density at radius 1 is 0.463 bits per heavy atom. The van der Waals surface area contributed by atoms with Crippen molar-refractivity contribution in [3.63, 3.8) is 0 Å². The van der Waals surface area contributed by atoms with Gasteiger partial charge in [-0.05, 0) is 0 Å². The van der Waals surface area contributed by atoms with Gasteiger partial charge in [0.2, 0.25) is 0 Å². The highest BCUT2D eigenvalue weighted by Gasteiger charge is 2.07. The summed E-state index contributed by atoms with van der Waals surface area (Å²) < 4.78 is 12.1. The van der Waals surface area contributed by atoms with Crippen LogP contribution in [0.4, 0.5) is 0 Å². The van der Waals surface area contributed by atoms with Gasteiger partial charge in [-0.2, -0.15) is 11.8 Å². The molecule has 242 valence electrons. The highest BCUT2D eigenvalue weighted by Crippen LogP contribution is 2.24. The molecule has 0 fully saturated rings. The zero-order chi connectivity index (χ0) is 30.2. The van der Waals surface area contributed by atoms with E-state index in [1.54, 1.807) is 118 Å². The van der Waals surface area contributed by atoms with E-state index in [2.05, 4.69) is 0 Å². The van der Waals surface area contributed by atoms with Gasteiger partial charge in [-0.1, -0.05) is 35.3 Å². The van der Waals surface area contributed by atoms with Crippen molar-refractivity contribution in [2.75, 3.05) is 99.2 Å². The van der Waals surface area contributed by atoms with E-state index in [9.17, 15) is 18.6 Å². The molecule has 0 aromatic rings. The predicted molar refractivity (Wildman–Crippen MR) is 214 cm³/mol. The maximum atomic E-state index is 12.1. The van der Waals surface area contributed by atoms with Crippen LogP contribution >= 0.6 is 153 Å². The van der Waals surface area contributed by atoms with Gasteiger partial charge in [-0.3, -0.25) is 18.6 Å². The molecule has 6 nitrogen and oxygen atoms in total. The zero-order valence-corrected chi connectivity index (χ0v) is 33.9. The normalized spacial score (nSPS) is 12.0. The highest BCUT2D eigenvalue weighted by molar-refractivity contribution is 8.30. The van der Waals surface area contributed by atoms with Crippen molar-refractivity contribution in [1.82, 2.24) is 0 Å². The van der Waals surface area contributed by atoms with E-state index in [0.29, 0.717) is 33.2 Å². The van der Waals surface area contributed by atoms with Crippen LogP contribution in [0, 0.1) is 0 Å². The van der Waals surface area contributed by atoms with E-state index in [1.165, 1.54) is 35.3 Å². The van der Waals surface area contributed by atoms with Crippen LogP contribution in [0.15, 0.2) is 0 Å². The van der Waals surface area contributed by atoms with Crippen molar-refractivity contribution in [2.24, 2.45) is 0 Å². The first-order valence-corrected chi connectivity index (χ1v) is 27.8. The molecule has 0 aromatic carbocycles. The van der Waals surface area contributed by atoms with Crippen LogP contribution < -0.4 is 0 Å². The Labute approximate surface area is 303 Å². The quantitative estimate of drug-likeness (QED) is 0.0590. The van der Waals surface area contributed by atoms with E-state index < -0.39 is 10.8 Å². The van der Waals surface area contributed by atoms with Crippen molar-refractivity contribution >= 4 is 179 Å². The summed E-state index contributed by atoms with van der Waals surface area (Å²) in [5.41, 5.74) is 0. The van der Waals surface area contributed by atoms with Gasteiger partial charge in [0.15, 0.2) is 15.3 Å². The highest BCUT2D eigenvalue weighted by atomic mass is 32.3. The average Bonchev–Trinajstić information content (AvgIpc) is 2.96. The SMILES string of the molecule is O=C(CSCSCCS(=O)CSCSCSC(=O)CSCSCC(=O)SCSCSCCO)SCSCSCCO. The van der Waals surface area contributed by atoms with Gasteiger partial charge in [-0.15, -0.1) is 106 Å². The van der Waals surface area contributed by atoms with Gasteiger partial charge in [0.05, 0.1) is 35.6 Å². The molecule has 1 unspecified atom stereocenters. The Bertz CT molecular complexity index is 679. The number of hydrogen-bond acceptors (Lipinski definition) is 19. The molecule has 20 heteroatoms. The smallest absolute Gasteiger partial charge is 0.199 e. The number of hydrogen-bond donors (Lipinski definition) is 2. The molecule has 1 atom stereocenters. The fourth-order valence-corrected chi connectivity index (χ4v) is 17.7. The number of carbonyl (C=O) groups excluding carboxylic acids is 3. The molecule has 0 bridgehead atoms. The third-order valence-corrected chi connectivity index (χ3v) is 21.0. The van der Waals surface area contributed by atoms with E-state index in [-0.39, 0.29) is 28.6 Å². The molecular weight excluding hydrogens is 797 g/mol. The molecule has 0 aliphatic rings. The molecule has 0 saturated carbocycles. The first-order chi connectivity index (χ1) is 20.0. The van der Waals surface area contributed by atoms with Crippen LogP contribution in [0.25, 0.3) is 0 Å². The minimum Gasteiger partial charge on any atom is -0.396 e. The third-order valence-electron chi connectivity index (χ3n) is 3.54. The number of aliphatic hydroxyl groups excluding tert-OH is 2. The largest absolute Gasteiger partial charge is 0.396 e. The molecule has 0 spiro atoms. The van der Waals surface area contributed by atoms with Crippen LogP contribution in [0.5, 0.6) is 0 Å². The van der Waals surface area contributed by atoms with Crippen LogP contribution in [0.3, 0.4) is 0 Å². The second kappa shape index (κ2) is 36.5. The van der Waals surface area contributed by atoms with Gasteiger partial charge in [0, 0.05) is 74.5 Å². The van der Waals surface area contributed by atoms with Crippen molar-refractivity contribution in [3.8, 4) is 0 Å². The lowest BCUT2D eigenvalue weighted by molar-refractivity contribution is -0.109. The Balaban J connectivity index is 3.42. The van der Waals surface area contributed by atoms with Crippen LogP contribution in [-0.2, 0) is 25.2 Å². The summed E-state index contributed by atoms with van der Waals surface area (Å²) >= 11 is 20.5. The number of carbonyl (C=O) groups is 3. The Morgan fingerprint density at radius 3 is 1.27 bits per heavy atom. The van der Waals surface area contributed by atoms with Gasteiger partial charge < -0.3 is 10.2 Å². The van der Waals surface area contributed by atoms with E-state index >= 15 is 0 Å². The van der Waals surface area contributed by atoms with Gasteiger partial charge in [-0.25, -0.2) is 0 Å². The molecule has 2 N–H and O–H groups in total. The minimum atomic E-state index is -0.858. The van der Waals surface area contributed by atoms with Gasteiger partial charge >= 0.3 is 0 Å². The lowest BCUT2D eigenvalue weighted by atomic mass is 10.9. The number of aliphatic hydroxyl groups is 2. The summed E-state index contributed by atoms with van der Waals surface area (Å²) in [6, 6.07) is 0. The Hall–Kier alpha value is 3.63. The monoisotopic (exact) mass is 834 g/mol. The summed E-state index contributed by atoms with van der Waals surface area (Å²) in [6.07, 6.45) is 0. The van der Waals surface area contributed by atoms with Crippen LogP contribution in [0.1, 0.15) is 0 Å².